The van der Waals surface area contributed by atoms with Gasteiger partial charge in [0, 0.05) is 18.9 Å². The number of aliphatic hydroxyl groups is 3. The van der Waals surface area contributed by atoms with Crippen LogP contribution in [-0.2, 0) is 25.5 Å². The van der Waals surface area contributed by atoms with E-state index in [0.717, 1.165) is 56.4 Å². The van der Waals surface area contributed by atoms with Crippen LogP contribution in [0.1, 0.15) is 162 Å². The quantitative estimate of drug-likeness (QED) is 0.107. The maximum atomic E-state index is 13.6. The van der Waals surface area contributed by atoms with Gasteiger partial charge in [-0.05, 0) is 142 Å². The lowest BCUT2D eigenvalue weighted by atomic mass is 9.38. The molecule has 4 aliphatic carbocycles. The van der Waals surface area contributed by atoms with E-state index in [1.165, 1.54) is 69.9 Å². The molecule has 0 unspecified atom stereocenters. The van der Waals surface area contributed by atoms with E-state index in [4.69, 9.17) is 9.47 Å². The van der Waals surface area contributed by atoms with Crippen molar-refractivity contribution < 1.29 is 34.4 Å². The van der Waals surface area contributed by atoms with Crippen LogP contribution in [0, 0.1) is 45.8 Å². The first-order chi connectivity index (χ1) is 26.3. The van der Waals surface area contributed by atoms with Crippen molar-refractivity contribution in [2.24, 2.45) is 45.8 Å². The summed E-state index contributed by atoms with van der Waals surface area (Å²) in [5.41, 5.74) is -0.641. The molecule has 1 aromatic rings. The Balaban J connectivity index is 1.35. The molecule has 1 heterocycles. The minimum Gasteiger partial charge on any atom is -0.462 e. The Kier molecular flexibility index (Phi) is 13.7. The molecular weight excluding hydrogens is 689 g/mol. The molecule has 1 aliphatic heterocycles. The summed E-state index contributed by atoms with van der Waals surface area (Å²) in [7, 11) is 0. The number of cyclic esters (lactones) is 1. The van der Waals surface area contributed by atoms with Crippen molar-refractivity contribution in [2.45, 2.75) is 187 Å². The number of unbranched alkanes of at least 4 members (excludes halogenated alkanes) is 2. The average molecular weight is 763 g/mol. The molecule has 0 amide bonds. The lowest BCUT2D eigenvalue weighted by Gasteiger charge is -2.70. The zero-order valence-corrected chi connectivity index (χ0v) is 34.9. The number of hydrogen-bond acceptors (Lipinski definition) is 7. The number of hydrogen-bond donors (Lipinski definition) is 3. The molecule has 0 bridgehead atoms. The molecule has 1 spiro atoms. The number of aliphatic hydroxyl groups excluding tert-OH is 2. The zero-order valence-electron chi connectivity index (χ0n) is 34.9. The molecule has 4 saturated carbocycles. The minimum absolute atomic E-state index is 0.211. The van der Waals surface area contributed by atoms with E-state index in [0.29, 0.717) is 49.4 Å². The molecule has 0 radical (unpaired) electrons. The fourth-order valence-electron chi connectivity index (χ4n) is 13.6. The summed E-state index contributed by atoms with van der Waals surface area (Å²) in [5.74, 6) is -0.0450. The predicted molar refractivity (Wildman–Crippen MR) is 217 cm³/mol. The van der Waals surface area contributed by atoms with Crippen LogP contribution in [0.25, 0.3) is 0 Å². The fraction of sp³-hybridized carbons (Fsp3) is 0.792. The standard InChI is InChI=1S/C48H74O7/c1-6-7-9-18-38-19-13-25-46(38)27-23-39(31-46)45(5)26-24-42(51)48(41(50)21-20-33(2)14-12-17-36-15-10-8-11-16-36)44(45)40(55-35(4)49)29-34(3)47(48,53)28-22-37-30-43(52)54-32-37/h8,10-11,15-16,30,33-34,38-42,44,50-51,53H,6-7,9,12-14,17-29,31-32H2,1-5H3/t33-,34-,38-,39-,40-,41-,42+,44+,45-,46+,47-,48-/m1/s1. The molecule has 1 aromatic carbocycles. The second-order valence-corrected chi connectivity index (χ2v) is 19.6. The Labute approximate surface area is 332 Å². The first kappa shape index (κ1) is 42.4. The van der Waals surface area contributed by atoms with Crippen molar-refractivity contribution in [2.75, 3.05) is 6.61 Å². The van der Waals surface area contributed by atoms with Crippen LogP contribution in [0.4, 0.5) is 0 Å². The highest BCUT2D eigenvalue weighted by Crippen LogP contribution is 2.71. The van der Waals surface area contributed by atoms with Crippen molar-refractivity contribution in [1.29, 1.82) is 0 Å². The van der Waals surface area contributed by atoms with Gasteiger partial charge in [-0.1, -0.05) is 90.1 Å². The normalized spacial score (nSPS) is 38.4. The number of ether oxygens (including phenoxy) is 2. The Morgan fingerprint density at radius 3 is 2.51 bits per heavy atom. The van der Waals surface area contributed by atoms with Crippen LogP contribution in [-0.4, -0.2) is 57.8 Å². The lowest BCUT2D eigenvalue weighted by Crippen LogP contribution is -2.77. The monoisotopic (exact) mass is 763 g/mol. The SMILES string of the molecule is CCCCC[C@@H]1CCC[C@@]12CC[C@@H]([C@@]1(C)CC[C@H](O)[C@]3([C@H](O)CC[C@H](C)CCCc4ccccc4)[C@H]1[C@H](OC(C)=O)C[C@@H](C)[C@]3(O)CCC1=CC(=O)OC1)C2. The third kappa shape index (κ3) is 8.37. The van der Waals surface area contributed by atoms with Crippen LogP contribution in [0.15, 0.2) is 42.0 Å². The van der Waals surface area contributed by atoms with Gasteiger partial charge in [-0.2, -0.15) is 0 Å². The topological polar surface area (TPSA) is 113 Å². The molecule has 0 aromatic heterocycles. The van der Waals surface area contributed by atoms with Gasteiger partial charge in [0.2, 0.25) is 0 Å². The van der Waals surface area contributed by atoms with E-state index >= 15 is 0 Å². The number of carbonyl (C=O) groups is 2. The first-order valence-electron chi connectivity index (χ1n) is 22.4. The molecule has 0 saturated heterocycles. The van der Waals surface area contributed by atoms with Crippen LogP contribution < -0.4 is 0 Å². The van der Waals surface area contributed by atoms with E-state index in [-0.39, 0.29) is 29.9 Å². The maximum absolute atomic E-state index is 13.6. The number of fused-ring (bicyclic) bond motifs is 1. The van der Waals surface area contributed by atoms with Gasteiger partial charge in [0.1, 0.15) is 12.7 Å². The molecule has 5 aliphatic rings. The second-order valence-electron chi connectivity index (χ2n) is 19.6. The summed E-state index contributed by atoms with van der Waals surface area (Å²) in [5, 5.41) is 39.3. The van der Waals surface area contributed by atoms with E-state index in [2.05, 4.69) is 45.0 Å². The Bertz CT molecular complexity index is 1480. The van der Waals surface area contributed by atoms with Crippen LogP contribution in [0.2, 0.25) is 0 Å². The summed E-state index contributed by atoms with van der Waals surface area (Å²) in [6.07, 6.45) is 18.3. The van der Waals surface area contributed by atoms with E-state index in [1.54, 1.807) is 0 Å². The Morgan fingerprint density at radius 1 is 1.02 bits per heavy atom. The summed E-state index contributed by atoms with van der Waals surface area (Å²) < 4.78 is 11.6. The minimum atomic E-state index is -1.47. The average Bonchev–Trinajstić information content (AvgIpc) is 3.90. The number of esters is 2. The van der Waals surface area contributed by atoms with Crippen LogP contribution >= 0.6 is 0 Å². The molecule has 6 rings (SSSR count). The Morgan fingerprint density at radius 2 is 1.80 bits per heavy atom. The van der Waals surface area contributed by atoms with Crippen molar-refractivity contribution >= 4 is 11.9 Å². The summed E-state index contributed by atoms with van der Waals surface area (Å²) in [4.78, 5) is 25.1. The van der Waals surface area contributed by atoms with Gasteiger partial charge in [0.25, 0.3) is 0 Å². The van der Waals surface area contributed by atoms with Crippen molar-refractivity contribution in [1.82, 2.24) is 0 Å². The van der Waals surface area contributed by atoms with Gasteiger partial charge >= 0.3 is 11.9 Å². The summed E-state index contributed by atoms with van der Waals surface area (Å²) >= 11 is 0. The molecule has 3 N–H and O–H groups in total. The second kappa shape index (κ2) is 17.7. The number of rotatable bonds is 17. The van der Waals surface area contributed by atoms with E-state index in [1.807, 2.05) is 13.0 Å². The lowest BCUT2D eigenvalue weighted by molar-refractivity contribution is -0.326. The van der Waals surface area contributed by atoms with E-state index < -0.39 is 35.2 Å². The molecule has 55 heavy (non-hydrogen) atoms. The highest BCUT2D eigenvalue weighted by atomic mass is 16.5. The number of aryl methyl sites for hydroxylation is 1. The molecule has 12 atom stereocenters. The highest BCUT2D eigenvalue weighted by Gasteiger charge is 2.75. The smallest absolute Gasteiger partial charge is 0.331 e. The summed E-state index contributed by atoms with van der Waals surface area (Å²) in [6.45, 7) is 10.6. The third-order valence-electron chi connectivity index (χ3n) is 16.4. The van der Waals surface area contributed by atoms with Gasteiger partial charge in [0.05, 0.1) is 23.2 Å². The van der Waals surface area contributed by atoms with Gasteiger partial charge in [0.15, 0.2) is 0 Å². The van der Waals surface area contributed by atoms with Gasteiger partial charge in [-0.3, -0.25) is 4.79 Å². The predicted octanol–water partition coefficient (Wildman–Crippen LogP) is 9.68. The van der Waals surface area contributed by atoms with Gasteiger partial charge in [-0.15, -0.1) is 0 Å². The van der Waals surface area contributed by atoms with Crippen LogP contribution in [0.3, 0.4) is 0 Å². The maximum Gasteiger partial charge on any atom is 0.331 e. The van der Waals surface area contributed by atoms with Crippen LogP contribution in [0.5, 0.6) is 0 Å². The zero-order chi connectivity index (χ0) is 39.4. The molecule has 308 valence electrons. The van der Waals surface area contributed by atoms with Crippen molar-refractivity contribution in [3.8, 4) is 0 Å². The Hall–Kier alpha value is -2.22. The first-order valence-corrected chi connectivity index (χ1v) is 22.4. The number of carbonyl (C=O) groups excluding carboxylic acids is 2. The molecular formula is C48H74O7. The largest absolute Gasteiger partial charge is 0.462 e. The number of benzene rings is 1. The van der Waals surface area contributed by atoms with Gasteiger partial charge < -0.3 is 24.8 Å². The molecule has 4 fully saturated rings. The van der Waals surface area contributed by atoms with Gasteiger partial charge in [-0.25, -0.2) is 4.79 Å². The fourth-order valence-corrected chi connectivity index (χ4v) is 13.6. The molecule has 7 heteroatoms. The van der Waals surface area contributed by atoms with E-state index in [9.17, 15) is 24.9 Å². The highest BCUT2D eigenvalue weighted by molar-refractivity contribution is 5.85. The third-order valence-corrected chi connectivity index (χ3v) is 16.4. The van der Waals surface area contributed by atoms with Crippen molar-refractivity contribution in [3.05, 3.63) is 47.5 Å². The summed E-state index contributed by atoms with van der Waals surface area (Å²) in [6, 6.07) is 10.6. The molecule has 7 nitrogen and oxygen atoms in total. The van der Waals surface area contributed by atoms with Crippen molar-refractivity contribution in [3.63, 3.8) is 0 Å².